The molecular formula is C21H16N2O. The van der Waals surface area contributed by atoms with Gasteiger partial charge in [0, 0.05) is 35.6 Å². The second-order valence-electron chi connectivity index (χ2n) is 5.23. The molecule has 0 aliphatic heterocycles. The van der Waals surface area contributed by atoms with Crippen LogP contribution in [0, 0.1) is 11.8 Å². The van der Waals surface area contributed by atoms with E-state index in [9.17, 15) is 4.79 Å². The number of nitrogens with zero attached hydrogens (tertiary/aromatic N) is 1. The first-order chi connectivity index (χ1) is 11.8. The zero-order chi connectivity index (χ0) is 16.6. The number of benzene rings is 2. The first-order valence-corrected chi connectivity index (χ1v) is 7.65. The lowest BCUT2D eigenvalue weighted by molar-refractivity contribution is 0.0951. The van der Waals surface area contributed by atoms with E-state index in [4.69, 9.17) is 0 Å². The SMILES string of the molecule is O=C(NCc1ccncc1)c1ccc(C#Cc2ccccc2)cc1. The topological polar surface area (TPSA) is 42.0 Å². The Labute approximate surface area is 141 Å². The minimum Gasteiger partial charge on any atom is -0.348 e. The third-order valence-corrected chi connectivity index (χ3v) is 3.47. The normalized spacial score (nSPS) is 9.67. The van der Waals surface area contributed by atoms with Crippen molar-refractivity contribution in [3.05, 3.63) is 101 Å². The first-order valence-electron chi connectivity index (χ1n) is 7.65. The van der Waals surface area contributed by atoms with Crippen LogP contribution >= 0.6 is 0 Å². The van der Waals surface area contributed by atoms with Gasteiger partial charge in [-0.2, -0.15) is 0 Å². The van der Waals surface area contributed by atoms with Crippen LogP contribution < -0.4 is 5.32 Å². The molecule has 0 radical (unpaired) electrons. The van der Waals surface area contributed by atoms with Crippen LogP contribution in [0.3, 0.4) is 0 Å². The molecule has 0 saturated heterocycles. The average Bonchev–Trinajstić information content (AvgIpc) is 2.66. The van der Waals surface area contributed by atoms with Crippen molar-refractivity contribution in [3.63, 3.8) is 0 Å². The van der Waals surface area contributed by atoms with Gasteiger partial charge in [0.05, 0.1) is 0 Å². The molecule has 0 unspecified atom stereocenters. The molecule has 3 nitrogen and oxygen atoms in total. The summed E-state index contributed by atoms with van der Waals surface area (Å²) in [5.74, 6) is 6.09. The van der Waals surface area contributed by atoms with Crippen LogP contribution in [-0.4, -0.2) is 10.9 Å². The minimum absolute atomic E-state index is 0.102. The van der Waals surface area contributed by atoms with Crippen molar-refractivity contribution in [2.75, 3.05) is 0 Å². The summed E-state index contributed by atoms with van der Waals surface area (Å²) in [5.41, 5.74) is 3.49. The summed E-state index contributed by atoms with van der Waals surface area (Å²) >= 11 is 0. The lowest BCUT2D eigenvalue weighted by atomic mass is 10.1. The van der Waals surface area contributed by atoms with Gasteiger partial charge in [0.15, 0.2) is 0 Å². The fraction of sp³-hybridized carbons (Fsp3) is 0.0476. The monoisotopic (exact) mass is 312 g/mol. The highest BCUT2D eigenvalue weighted by Gasteiger charge is 2.04. The van der Waals surface area contributed by atoms with Gasteiger partial charge in [0.1, 0.15) is 0 Å². The highest BCUT2D eigenvalue weighted by Crippen LogP contribution is 2.05. The van der Waals surface area contributed by atoms with Crippen LogP contribution in [0.5, 0.6) is 0 Å². The highest BCUT2D eigenvalue weighted by molar-refractivity contribution is 5.94. The smallest absolute Gasteiger partial charge is 0.251 e. The Morgan fingerprint density at radius 2 is 1.46 bits per heavy atom. The van der Waals surface area contributed by atoms with E-state index in [1.54, 1.807) is 24.5 Å². The number of nitrogens with one attached hydrogen (secondary N) is 1. The van der Waals surface area contributed by atoms with Gasteiger partial charge in [-0.25, -0.2) is 0 Å². The summed E-state index contributed by atoms with van der Waals surface area (Å²) in [5, 5.41) is 2.89. The van der Waals surface area contributed by atoms with Crippen molar-refractivity contribution in [3.8, 4) is 11.8 Å². The summed E-state index contributed by atoms with van der Waals surface area (Å²) in [4.78, 5) is 16.1. The Morgan fingerprint density at radius 1 is 0.833 bits per heavy atom. The molecule has 1 N–H and O–H groups in total. The van der Waals surface area contributed by atoms with Crippen molar-refractivity contribution < 1.29 is 4.79 Å². The quantitative estimate of drug-likeness (QED) is 0.753. The highest BCUT2D eigenvalue weighted by atomic mass is 16.1. The molecule has 0 saturated carbocycles. The third kappa shape index (κ3) is 4.31. The van der Waals surface area contributed by atoms with Gasteiger partial charge < -0.3 is 5.32 Å². The summed E-state index contributed by atoms with van der Waals surface area (Å²) in [6.45, 7) is 0.483. The predicted molar refractivity (Wildman–Crippen MR) is 94.3 cm³/mol. The summed E-state index contributed by atoms with van der Waals surface area (Å²) < 4.78 is 0. The minimum atomic E-state index is -0.102. The molecule has 1 aromatic heterocycles. The molecule has 1 amide bonds. The Balaban J connectivity index is 1.62. The van der Waals surface area contributed by atoms with Gasteiger partial charge >= 0.3 is 0 Å². The molecule has 0 atom stereocenters. The Bertz CT molecular complexity index is 860. The number of rotatable bonds is 3. The largest absolute Gasteiger partial charge is 0.348 e. The van der Waals surface area contributed by atoms with Gasteiger partial charge in [-0.05, 0) is 54.1 Å². The van der Waals surface area contributed by atoms with Crippen molar-refractivity contribution in [2.45, 2.75) is 6.54 Å². The van der Waals surface area contributed by atoms with E-state index >= 15 is 0 Å². The zero-order valence-corrected chi connectivity index (χ0v) is 13.1. The molecule has 3 aromatic rings. The molecule has 0 bridgehead atoms. The molecule has 1 heterocycles. The van der Waals surface area contributed by atoms with Gasteiger partial charge in [0.25, 0.3) is 5.91 Å². The van der Waals surface area contributed by atoms with E-state index in [1.165, 1.54) is 0 Å². The summed E-state index contributed by atoms with van der Waals surface area (Å²) in [6.07, 6.45) is 3.42. The standard InChI is InChI=1S/C21H16N2O/c24-21(23-16-19-12-14-22-15-13-19)20-10-8-18(9-11-20)7-6-17-4-2-1-3-5-17/h1-5,8-15H,16H2,(H,23,24). The van der Waals surface area contributed by atoms with E-state index in [1.807, 2.05) is 54.6 Å². The van der Waals surface area contributed by atoms with Crippen LogP contribution in [0.25, 0.3) is 0 Å². The maximum atomic E-state index is 12.1. The third-order valence-electron chi connectivity index (χ3n) is 3.47. The molecule has 0 spiro atoms. The van der Waals surface area contributed by atoms with Gasteiger partial charge in [-0.3, -0.25) is 9.78 Å². The second kappa shape index (κ2) is 7.75. The first kappa shape index (κ1) is 15.5. The second-order valence-corrected chi connectivity index (χ2v) is 5.23. The van der Waals surface area contributed by atoms with E-state index in [-0.39, 0.29) is 5.91 Å². The van der Waals surface area contributed by atoms with Crippen molar-refractivity contribution >= 4 is 5.91 Å². The van der Waals surface area contributed by atoms with Crippen LogP contribution in [0.15, 0.2) is 79.1 Å². The number of pyridine rings is 1. The average molecular weight is 312 g/mol. The molecule has 116 valence electrons. The molecule has 0 aliphatic rings. The molecular weight excluding hydrogens is 296 g/mol. The van der Waals surface area contributed by atoms with E-state index in [0.717, 1.165) is 16.7 Å². The van der Waals surface area contributed by atoms with Crippen molar-refractivity contribution in [1.29, 1.82) is 0 Å². The number of hydrogen-bond donors (Lipinski definition) is 1. The molecule has 0 fully saturated rings. The van der Waals surface area contributed by atoms with Crippen LogP contribution in [0.2, 0.25) is 0 Å². The number of hydrogen-bond acceptors (Lipinski definition) is 2. The maximum Gasteiger partial charge on any atom is 0.251 e. The van der Waals surface area contributed by atoms with Crippen molar-refractivity contribution in [2.24, 2.45) is 0 Å². The summed E-state index contributed by atoms with van der Waals surface area (Å²) in [6, 6.07) is 20.9. The Hall–Kier alpha value is -3.38. The number of carbonyl (C=O) groups excluding carboxylic acids is 1. The fourth-order valence-electron chi connectivity index (χ4n) is 2.16. The summed E-state index contributed by atoms with van der Waals surface area (Å²) in [7, 11) is 0. The molecule has 2 aromatic carbocycles. The molecule has 0 aliphatic carbocycles. The number of aromatic nitrogens is 1. The van der Waals surface area contributed by atoms with Crippen LogP contribution in [0.1, 0.15) is 27.0 Å². The Kier molecular flexibility index (Phi) is 5.01. The van der Waals surface area contributed by atoms with Crippen molar-refractivity contribution in [1.82, 2.24) is 10.3 Å². The predicted octanol–water partition coefficient (Wildman–Crippen LogP) is 3.41. The lowest BCUT2D eigenvalue weighted by Gasteiger charge is -2.05. The molecule has 3 rings (SSSR count). The van der Waals surface area contributed by atoms with Gasteiger partial charge in [-0.1, -0.05) is 30.0 Å². The van der Waals surface area contributed by atoms with Crippen LogP contribution in [-0.2, 0) is 6.54 Å². The lowest BCUT2D eigenvalue weighted by Crippen LogP contribution is -2.22. The van der Waals surface area contributed by atoms with Gasteiger partial charge in [0.2, 0.25) is 0 Å². The van der Waals surface area contributed by atoms with Crippen LogP contribution in [0.4, 0.5) is 0 Å². The van der Waals surface area contributed by atoms with E-state index in [2.05, 4.69) is 22.1 Å². The number of amides is 1. The Morgan fingerprint density at radius 3 is 2.12 bits per heavy atom. The zero-order valence-electron chi connectivity index (χ0n) is 13.1. The molecule has 24 heavy (non-hydrogen) atoms. The van der Waals surface area contributed by atoms with Gasteiger partial charge in [-0.15, -0.1) is 0 Å². The van der Waals surface area contributed by atoms with E-state index < -0.39 is 0 Å². The fourth-order valence-corrected chi connectivity index (χ4v) is 2.16. The molecule has 3 heteroatoms. The maximum absolute atomic E-state index is 12.1. The van der Waals surface area contributed by atoms with E-state index in [0.29, 0.717) is 12.1 Å². The number of carbonyl (C=O) groups is 1.